The molecule has 3 rings (SSSR count). The molecule has 1 aromatic carbocycles. The minimum atomic E-state index is -0.243. The monoisotopic (exact) mass is 331 g/mol. The molecule has 2 N–H and O–H groups in total. The average molecular weight is 331 g/mol. The number of aromatic amines is 1. The molecule has 1 aromatic heterocycles. The number of hydrogen-bond donors (Lipinski definition) is 2. The molecule has 128 valence electrons. The first-order chi connectivity index (χ1) is 11.6. The Labute approximate surface area is 140 Å². The van der Waals surface area contributed by atoms with E-state index in [4.69, 9.17) is 14.2 Å². The maximum atomic E-state index is 12.1. The number of nitrogens with one attached hydrogen (secondary N) is 2. The lowest BCUT2D eigenvalue weighted by atomic mass is 10.1. The Morgan fingerprint density at radius 1 is 1.42 bits per heavy atom. The lowest BCUT2D eigenvalue weighted by molar-refractivity contribution is -0.124. The lowest BCUT2D eigenvalue weighted by Crippen LogP contribution is -2.46. The van der Waals surface area contributed by atoms with E-state index in [1.807, 2.05) is 32.0 Å². The number of rotatable bonds is 6. The fourth-order valence-electron chi connectivity index (χ4n) is 2.62. The molecule has 0 radical (unpaired) electrons. The van der Waals surface area contributed by atoms with Crippen molar-refractivity contribution in [2.75, 3.05) is 19.8 Å². The van der Waals surface area contributed by atoms with Crippen molar-refractivity contribution in [3.63, 3.8) is 0 Å². The van der Waals surface area contributed by atoms with Gasteiger partial charge in [0.25, 0.3) is 5.91 Å². The highest BCUT2D eigenvalue weighted by molar-refractivity contribution is 5.78. The molecule has 0 spiro atoms. The smallest absolute Gasteiger partial charge is 0.258 e. The number of ether oxygens (including phenoxy) is 3. The first-order valence-corrected chi connectivity index (χ1v) is 7.84. The maximum Gasteiger partial charge on any atom is 0.258 e. The average Bonchev–Trinajstić information content (AvgIpc) is 3.20. The summed E-state index contributed by atoms with van der Waals surface area (Å²) in [5, 5.41) is 9.41. The highest BCUT2D eigenvalue weighted by Gasteiger charge is 2.31. The third-order valence-electron chi connectivity index (χ3n) is 3.82. The molecule has 0 bridgehead atoms. The molecule has 2 heterocycles. The molecule has 0 unspecified atom stereocenters. The van der Waals surface area contributed by atoms with Gasteiger partial charge in [-0.25, -0.2) is 0 Å². The van der Waals surface area contributed by atoms with E-state index in [2.05, 4.69) is 15.5 Å². The van der Waals surface area contributed by atoms with Crippen molar-refractivity contribution < 1.29 is 19.0 Å². The van der Waals surface area contributed by atoms with Crippen LogP contribution in [-0.2, 0) is 9.53 Å². The number of aromatic nitrogens is 2. The molecule has 0 saturated carbocycles. The van der Waals surface area contributed by atoms with Gasteiger partial charge in [0.05, 0.1) is 31.6 Å². The molecule has 2 atom stereocenters. The summed E-state index contributed by atoms with van der Waals surface area (Å²) in [7, 11) is 0. The van der Waals surface area contributed by atoms with Gasteiger partial charge in [-0.15, -0.1) is 0 Å². The summed E-state index contributed by atoms with van der Waals surface area (Å²) in [6, 6.07) is 5.64. The molecule has 7 nitrogen and oxygen atoms in total. The summed E-state index contributed by atoms with van der Waals surface area (Å²) in [6.45, 7) is 4.77. The second-order valence-corrected chi connectivity index (χ2v) is 5.86. The van der Waals surface area contributed by atoms with Gasteiger partial charge in [0.2, 0.25) is 0 Å². The SMILES string of the molecule is Cc1ccc(OCC(=O)N[C@H]2COC[C@H]2Oc2cn[nH]c2)c(C)c1. The number of aryl methyl sites for hydroxylation is 2. The Bertz CT molecular complexity index is 687. The predicted octanol–water partition coefficient (Wildman–Crippen LogP) is 1.37. The zero-order valence-electron chi connectivity index (χ0n) is 13.7. The van der Waals surface area contributed by atoms with Crippen molar-refractivity contribution in [3.05, 3.63) is 41.7 Å². The highest BCUT2D eigenvalue weighted by Crippen LogP contribution is 2.19. The second kappa shape index (κ2) is 7.35. The summed E-state index contributed by atoms with van der Waals surface area (Å²) < 4.78 is 16.7. The Hall–Kier alpha value is -2.54. The number of benzene rings is 1. The van der Waals surface area contributed by atoms with Crippen molar-refractivity contribution in [3.8, 4) is 11.5 Å². The molecule has 0 aliphatic carbocycles. The number of carbonyl (C=O) groups excluding carboxylic acids is 1. The van der Waals surface area contributed by atoms with Crippen LogP contribution < -0.4 is 14.8 Å². The van der Waals surface area contributed by atoms with Crippen LogP contribution in [0.2, 0.25) is 0 Å². The highest BCUT2D eigenvalue weighted by atomic mass is 16.5. The van der Waals surface area contributed by atoms with Crippen LogP contribution in [0.15, 0.2) is 30.6 Å². The van der Waals surface area contributed by atoms with Gasteiger partial charge in [-0.05, 0) is 25.5 Å². The van der Waals surface area contributed by atoms with Crippen LogP contribution in [0.4, 0.5) is 0 Å². The van der Waals surface area contributed by atoms with E-state index in [0.29, 0.717) is 24.7 Å². The standard InChI is InChI=1S/C17H21N3O4/c1-11-3-4-15(12(2)5-11)23-10-17(21)20-14-8-22-9-16(14)24-13-6-18-19-7-13/h3-7,14,16H,8-10H2,1-2H3,(H,18,19)(H,20,21)/t14-,16+/m0/s1. The van der Waals surface area contributed by atoms with Crippen molar-refractivity contribution in [1.82, 2.24) is 15.5 Å². The zero-order chi connectivity index (χ0) is 16.9. The molecule has 1 amide bonds. The number of carbonyl (C=O) groups is 1. The largest absolute Gasteiger partial charge is 0.484 e. The molecule has 2 aromatic rings. The molecule has 1 saturated heterocycles. The Balaban J connectivity index is 1.50. The van der Waals surface area contributed by atoms with Crippen LogP contribution in [0.25, 0.3) is 0 Å². The van der Waals surface area contributed by atoms with Gasteiger partial charge in [-0.2, -0.15) is 5.10 Å². The predicted molar refractivity (Wildman–Crippen MR) is 87.2 cm³/mol. The van der Waals surface area contributed by atoms with Gasteiger partial charge >= 0.3 is 0 Å². The fraction of sp³-hybridized carbons (Fsp3) is 0.412. The fourth-order valence-corrected chi connectivity index (χ4v) is 2.62. The van der Waals surface area contributed by atoms with E-state index in [0.717, 1.165) is 11.1 Å². The summed E-state index contributed by atoms with van der Waals surface area (Å²) in [5.41, 5.74) is 2.17. The molecule has 24 heavy (non-hydrogen) atoms. The molecule has 1 fully saturated rings. The number of H-pyrrole nitrogens is 1. The second-order valence-electron chi connectivity index (χ2n) is 5.86. The van der Waals surface area contributed by atoms with Crippen molar-refractivity contribution in [2.24, 2.45) is 0 Å². The van der Waals surface area contributed by atoms with Gasteiger partial charge in [-0.3, -0.25) is 9.89 Å². The number of amides is 1. The molecule has 1 aliphatic heterocycles. The third kappa shape index (κ3) is 4.05. The third-order valence-corrected chi connectivity index (χ3v) is 3.82. The van der Waals surface area contributed by atoms with E-state index < -0.39 is 0 Å². The molecular formula is C17H21N3O4. The van der Waals surface area contributed by atoms with E-state index in [1.54, 1.807) is 12.4 Å². The Kier molecular flexibility index (Phi) is 5.00. The van der Waals surface area contributed by atoms with Crippen LogP contribution in [0, 0.1) is 13.8 Å². The lowest BCUT2D eigenvalue weighted by Gasteiger charge is -2.19. The van der Waals surface area contributed by atoms with Crippen LogP contribution in [0.5, 0.6) is 11.5 Å². The van der Waals surface area contributed by atoms with Crippen LogP contribution >= 0.6 is 0 Å². The Morgan fingerprint density at radius 3 is 3.04 bits per heavy atom. The van der Waals surface area contributed by atoms with E-state index >= 15 is 0 Å². The number of nitrogens with zero attached hydrogens (tertiary/aromatic N) is 1. The quantitative estimate of drug-likeness (QED) is 0.835. The minimum absolute atomic E-state index is 0.0428. The Morgan fingerprint density at radius 2 is 2.29 bits per heavy atom. The van der Waals surface area contributed by atoms with Crippen molar-refractivity contribution >= 4 is 5.91 Å². The van der Waals surface area contributed by atoms with Gasteiger partial charge in [0.15, 0.2) is 12.4 Å². The first kappa shape index (κ1) is 16.3. The van der Waals surface area contributed by atoms with Gasteiger partial charge < -0.3 is 19.5 Å². The van der Waals surface area contributed by atoms with Gasteiger partial charge in [0.1, 0.15) is 11.9 Å². The van der Waals surface area contributed by atoms with Gasteiger partial charge in [0, 0.05) is 0 Å². The van der Waals surface area contributed by atoms with Crippen molar-refractivity contribution in [1.29, 1.82) is 0 Å². The van der Waals surface area contributed by atoms with Crippen LogP contribution in [-0.4, -0.2) is 48.1 Å². The molecule has 1 aliphatic rings. The summed E-state index contributed by atoms with van der Waals surface area (Å²) in [6.07, 6.45) is 2.99. The van der Waals surface area contributed by atoms with Crippen LogP contribution in [0.1, 0.15) is 11.1 Å². The van der Waals surface area contributed by atoms with E-state index in [1.165, 1.54) is 0 Å². The minimum Gasteiger partial charge on any atom is -0.484 e. The van der Waals surface area contributed by atoms with Crippen molar-refractivity contribution in [2.45, 2.75) is 26.0 Å². The van der Waals surface area contributed by atoms with Crippen LogP contribution in [0.3, 0.4) is 0 Å². The molecule has 7 heteroatoms. The normalized spacial score (nSPS) is 19.9. The maximum absolute atomic E-state index is 12.1. The zero-order valence-corrected chi connectivity index (χ0v) is 13.7. The summed E-state index contributed by atoms with van der Waals surface area (Å²) >= 11 is 0. The van der Waals surface area contributed by atoms with E-state index in [9.17, 15) is 4.79 Å². The summed E-state index contributed by atoms with van der Waals surface area (Å²) in [4.78, 5) is 12.1. The molecular weight excluding hydrogens is 310 g/mol. The first-order valence-electron chi connectivity index (χ1n) is 7.84. The number of hydrogen-bond acceptors (Lipinski definition) is 5. The van der Waals surface area contributed by atoms with E-state index in [-0.39, 0.29) is 24.7 Å². The van der Waals surface area contributed by atoms with Gasteiger partial charge in [-0.1, -0.05) is 17.7 Å². The topological polar surface area (TPSA) is 85.5 Å². The summed E-state index contributed by atoms with van der Waals surface area (Å²) in [5.74, 6) is 1.13.